The lowest BCUT2D eigenvalue weighted by Gasteiger charge is -2.22. The highest BCUT2D eigenvalue weighted by Crippen LogP contribution is 2.27. The number of aryl methyl sites for hydroxylation is 1. The van der Waals surface area contributed by atoms with Crippen molar-refractivity contribution in [2.24, 2.45) is 5.92 Å². The molecule has 0 spiro atoms. The van der Waals surface area contributed by atoms with Gasteiger partial charge in [0.05, 0.1) is 0 Å². The first kappa shape index (κ1) is 19.6. The highest BCUT2D eigenvalue weighted by Gasteiger charge is 2.16. The van der Waals surface area contributed by atoms with E-state index in [1.165, 1.54) is 12.1 Å². The smallest absolute Gasteiger partial charge is 0.227 e. The second kappa shape index (κ2) is 8.61. The molecule has 2 aromatic carbocycles. The summed E-state index contributed by atoms with van der Waals surface area (Å²) in [6.07, 6.45) is 0.482. The summed E-state index contributed by atoms with van der Waals surface area (Å²) in [5.74, 6) is -0.662. The van der Waals surface area contributed by atoms with Crippen molar-refractivity contribution in [2.45, 2.75) is 34.1 Å². The molecule has 140 valence electrons. The maximum absolute atomic E-state index is 12.5. The van der Waals surface area contributed by atoms with Gasteiger partial charge >= 0.3 is 0 Å². The second-order valence-electron chi connectivity index (χ2n) is 6.59. The second-order valence-corrected chi connectivity index (χ2v) is 6.59. The molecule has 0 radical (unpaired) electrons. The predicted octanol–water partition coefficient (Wildman–Crippen LogP) is 4.07. The predicted molar refractivity (Wildman–Crippen MR) is 106 cm³/mol. The van der Waals surface area contributed by atoms with Gasteiger partial charge in [-0.3, -0.25) is 4.79 Å². The third-order valence-corrected chi connectivity index (χ3v) is 4.63. The SMILES string of the molecule is CCN(CC)c1ccc(NC(=O)C(C)Cc2ccc(O)c(O)c2)c(C)c1. The van der Waals surface area contributed by atoms with Crippen LogP contribution in [0.5, 0.6) is 11.5 Å². The first-order valence-corrected chi connectivity index (χ1v) is 9.03. The van der Waals surface area contributed by atoms with Crippen LogP contribution in [-0.4, -0.2) is 29.2 Å². The number of amides is 1. The zero-order valence-electron chi connectivity index (χ0n) is 15.9. The topological polar surface area (TPSA) is 72.8 Å². The van der Waals surface area contributed by atoms with Crippen molar-refractivity contribution in [1.29, 1.82) is 0 Å². The normalized spacial score (nSPS) is 11.8. The molecule has 5 nitrogen and oxygen atoms in total. The highest BCUT2D eigenvalue weighted by atomic mass is 16.3. The largest absolute Gasteiger partial charge is 0.504 e. The molecule has 0 aliphatic rings. The van der Waals surface area contributed by atoms with Crippen LogP contribution in [0.3, 0.4) is 0 Å². The molecule has 2 rings (SSSR count). The van der Waals surface area contributed by atoms with Crippen LogP contribution in [0.4, 0.5) is 11.4 Å². The maximum atomic E-state index is 12.5. The molecule has 2 aromatic rings. The number of hydrogen-bond donors (Lipinski definition) is 3. The molecular formula is C21H28N2O3. The summed E-state index contributed by atoms with van der Waals surface area (Å²) < 4.78 is 0. The first-order chi connectivity index (χ1) is 12.3. The molecule has 1 unspecified atom stereocenters. The van der Waals surface area contributed by atoms with E-state index in [2.05, 4.69) is 30.1 Å². The fourth-order valence-corrected chi connectivity index (χ4v) is 2.97. The maximum Gasteiger partial charge on any atom is 0.227 e. The van der Waals surface area contributed by atoms with Gasteiger partial charge in [0.25, 0.3) is 0 Å². The van der Waals surface area contributed by atoms with Crippen LogP contribution in [0.25, 0.3) is 0 Å². The molecule has 0 heterocycles. The number of carbonyl (C=O) groups is 1. The molecule has 26 heavy (non-hydrogen) atoms. The molecule has 1 amide bonds. The zero-order valence-corrected chi connectivity index (χ0v) is 15.9. The monoisotopic (exact) mass is 356 g/mol. The van der Waals surface area contributed by atoms with Crippen LogP contribution < -0.4 is 10.2 Å². The third-order valence-electron chi connectivity index (χ3n) is 4.63. The molecule has 1 atom stereocenters. The molecule has 0 fully saturated rings. The zero-order chi connectivity index (χ0) is 19.3. The number of hydrogen-bond acceptors (Lipinski definition) is 4. The van der Waals surface area contributed by atoms with Gasteiger partial charge in [0, 0.05) is 30.4 Å². The molecule has 0 bridgehead atoms. The molecule has 0 saturated heterocycles. The average Bonchev–Trinajstić information content (AvgIpc) is 2.61. The van der Waals surface area contributed by atoms with E-state index in [1.54, 1.807) is 6.07 Å². The molecule has 0 aliphatic heterocycles. The van der Waals surface area contributed by atoms with Crippen LogP contribution in [0.15, 0.2) is 36.4 Å². The van der Waals surface area contributed by atoms with Gasteiger partial charge in [-0.25, -0.2) is 0 Å². The van der Waals surface area contributed by atoms with Gasteiger partial charge in [-0.2, -0.15) is 0 Å². The van der Waals surface area contributed by atoms with Crippen molar-refractivity contribution >= 4 is 17.3 Å². The van der Waals surface area contributed by atoms with Crippen LogP contribution in [-0.2, 0) is 11.2 Å². The highest BCUT2D eigenvalue weighted by molar-refractivity contribution is 5.93. The van der Waals surface area contributed by atoms with Gasteiger partial charge in [-0.15, -0.1) is 0 Å². The lowest BCUT2D eigenvalue weighted by atomic mass is 9.99. The average molecular weight is 356 g/mol. The summed E-state index contributed by atoms with van der Waals surface area (Å²) in [7, 11) is 0. The van der Waals surface area contributed by atoms with Crippen molar-refractivity contribution in [3.8, 4) is 11.5 Å². The molecule has 0 aliphatic carbocycles. The van der Waals surface area contributed by atoms with Crippen molar-refractivity contribution in [3.63, 3.8) is 0 Å². The minimum Gasteiger partial charge on any atom is -0.504 e. The fourth-order valence-electron chi connectivity index (χ4n) is 2.97. The molecule has 3 N–H and O–H groups in total. The van der Waals surface area contributed by atoms with E-state index >= 15 is 0 Å². The number of nitrogens with one attached hydrogen (secondary N) is 1. The number of anilines is 2. The van der Waals surface area contributed by atoms with Crippen LogP contribution in [0, 0.1) is 12.8 Å². The fraction of sp³-hybridized carbons (Fsp3) is 0.381. The molecular weight excluding hydrogens is 328 g/mol. The molecule has 0 aromatic heterocycles. The number of phenolic OH excluding ortho intramolecular Hbond substituents is 2. The Hall–Kier alpha value is -2.69. The van der Waals surface area contributed by atoms with Gasteiger partial charge in [-0.1, -0.05) is 13.0 Å². The van der Waals surface area contributed by atoms with E-state index in [0.29, 0.717) is 6.42 Å². The van der Waals surface area contributed by atoms with E-state index < -0.39 is 0 Å². The Morgan fingerprint density at radius 3 is 2.35 bits per heavy atom. The number of aromatic hydroxyl groups is 2. The summed E-state index contributed by atoms with van der Waals surface area (Å²) in [6.45, 7) is 9.97. The van der Waals surface area contributed by atoms with E-state index in [0.717, 1.165) is 35.6 Å². The van der Waals surface area contributed by atoms with Gasteiger partial charge in [0.2, 0.25) is 5.91 Å². The third kappa shape index (κ3) is 4.69. The number of carbonyl (C=O) groups excluding carboxylic acids is 1. The summed E-state index contributed by atoms with van der Waals surface area (Å²) in [4.78, 5) is 14.8. The standard InChI is InChI=1S/C21H28N2O3/c1-5-23(6-2)17-8-9-18(14(3)12-17)22-21(26)15(4)11-16-7-10-19(24)20(25)13-16/h7-10,12-13,15,24-25H,5-6,11H2,1-4H3,(H,22,26). The number of phenols is 2. The summed E-state index contributed by atoms with van der Waals surface area (Å²) >= 11 is 0. The van der Waals surface area contributed by atoms with Crippen molar-refractivity contribution in [3.05, 3.63) is 47.5 Å². The van der Waals surface area contributed by atoms with Crippen LogP contribution >= 0.6 is 0 Å². The quantitative estimate of drug-likeness (QED) is 0.654. The van der Waals surface area contributed by atoms with E-state index in [4.69, 9.17) is 0 Å². The number of benzene rings is 2. The Morgan fingerprint density at radius 1 is 1.08 bits per heavy atom. The minimum absolute atomic E-state index is 0.0729. The van der Waals surface area contributed by atoms with Crippen molar-refractivity contribution < 1.29 is 15.0 Å². The van der Waals surface area contributed by atoms with E-state index in [9.17, 15) is 15.0 Å². The molecule has 0 saturated carbocycles. The summed E-state index contributed by atoms with van der Waals surface area (Å²) in [5, 5.41) is 21.9. The van der Waals surface area contributed by atoms with Crippen molar-refractivity contribution in [2.75, 3.05) is 23.3 Å². The Morgan fingerprint density at radius 2 is 1.77 bits per heavy atom. The summed E-state index contributed by atoms with van der Waals surface area (Å²) in [5.41, 5.74) is 3.79. The molecule has 5 heteroatoms. The van der Waals surface area contributed by atoms with Crippen molar-refractivity contribution in [1.82, 2.24) is 0 Å². The van der Waals surface area contributed by atoms with Crippen LogP contribution in [0.1, 0.15) is 31.9 Å². The minimum atomic E-state index is -0.263. The Bertz CT molecular complexity index is 770. The number of rotatable bonds is 7. The van der Waals surface area contributed by atoms with E-state index in [-0.39, 0.29) is 23.3 Å². The lowest BCUT2D eigenvalue weighted by Crippen LogP contribution is -2.23. The number of nitrogens with zero attached hydrogens (tertiary/aromatic N) is 1. The Kier molecular flexibility index (Phi) is 6.50. The van der Waals surface area contributed by atoms with E-state index in [1.807, 2.05) is 26.0 Å². The van der Waals surface area contributed by atoms with Gasteiger partial charge in [0.1, 0.15) is 0 Å². The van der Waals surface area contributed by atoms with Gasteiger partial charge in [-0.05, 0) is 68.7 Å². The first-order valence-electron chi connectivity index (χ1n) is 9.03. The van der Waals surface area contributed by atoms with Gasteiger partial charge in [0.15, 0.2) is 11.5 Å². The lowest BCUT2D eigenvalue weighted by molar-refractivity contribution is -0.119. The van der Waals surface area contributed by atoms with Gasteiger partial charge < -0.3 is 20.4 Å². The Balaban J connectivity index is 2.05. The Labute approximate surface area is 155 Å². The van der Waals surface area contributed by atoms with Crippen LogP contribution in [0.2, 0.25) is 0 Å². The summed E-state index contributed by atoms with van der Waals surface area (Å²) in [6, 6.07) is 10.7.